The molecule has 0 radical (unpaired) electrons. The van der Waals surface area contributed by atoms with E-state index in [1.807, 2.05) is 36.4 Å². The van der Waals surface area contributed by atoms with Crippen molar-refractivity contribution in [1.29, 1.82) is 0 Å². The van der Waals surface area contributed by atoms with Crippen molar-refractivity contribution in [3.05, 3.63) is 54.4 Å². The van der Waals surface area contributed by atoms with Gasteiger partial charge in [-0.1, -0.05) is 18.2 Å². The Kier molecular flexibility index (Phi) is 2.22. The number of carbonyl (C=O) groups is 1. The van der Waals surface area contributed by atoms with Crippen LogP contribution in [-0.2, 0) is 0 Å². The van der Waals surface area contributed by atoms with Gasteiger partial charge in [-0.05, 0) is 18.2 Å². The molecular weight excluding hydrogens is 212 g/mol. The van der Waals surface area contributed by atoms with Crippen LogP contribution in [0, 0.1) is 0 Å². The van der Waals surface area contributed by atoms with Crippen molar-refractivity contribution in [3.63, 3.8) is 0 Å². The Morgan fingerprint density at radius 2 is 2.06 bits per heavy atom. The summed E-state index contributed by atoms with van der Waals surface area (Å²) in [6.45, 7) is 0. The molecule has 0 fully saturated rings. The van der Waals surface area contributed by atoms with Crippen LogP contribution in [0.3, 0.4) is 0 Å². The average molecular weight is 222 g/mol. The number of nitrogens with one attached hydrogen (secondary N) is 1. The summed E-state index contributed by atoms with van der Waals surface area (Å²) in [6, 6.07) is 11.6. The normalized spacial score (nSPS) is 10.6. The monoisotopic (exact) mass is 222 g/mol. The van der Waals surface area contributed by atoms with E-state index in [-0.39, 0.29) is 0 Å². The first-order valence-electron chi connectivity index (χ1n) is 5.37. The maximum atomic E-state index is 11.0. The first-order chi connectivity index (χ1) is 8.40. The Balaban J connectivity index is 2.36. The molecule has 2 heterocycles. The van der Waals surface area contributed by atoms with Crippen molar-refractivity contribution < 1.29 is 4.79 Å². The van der Waals surface area contributed by atoms with Gasteiger partial charge in [0.2, 0.25) is 0 Å². The number of hydrogen-bond acceptors (Lipinski definition) is 2. The summed E-state index contributed by atoms with van der Waals surface area (Å²) in [7, 11) is 0. The van der Waals surface area contributed by atoms with Gasteiger partial charge in [0.1, 0.15) is 0 Å². The van der Waals surface area contributed by atoms with E-state index in [2.05, 4.69) is 9.97 Å². The molecular formula is C14H10N2O. The summed E-state index contributed by atoms with van der Waals surface area (Å²) in [5.41, 5.74) is 3.48. The van der Waals surface area contributed by atoms with Crippen LogP contribution in [0.5, 0.6) is 0 Å². The van der Waals surface area contributed by atoms with Crippen molar-refractivity contribution in [2.45, 2.75) is 0 Å². The van der Waals surface area contributed by atoms with Gasteiger partial charge < -0.3 is 4.98 Å². The molecule has 3 rings (SSSR count). The van der Waals surface area contributed by atoms with Crippen LogP contribution in [0.1, 0.15) is 10.4 Å². The van der Waals surface area contributed by atoms with Gasteiger partial charge >= 0.3 is 0 Å². The van der Waals surface area contributed by atoms with Gasteiger partial charge in [0.25, 0.3) is 0 Å². The number of pyridine rings is 1. The van der Waals surface area contributed by atoms with E-state index >= 15 is 0 Å². The van der Waals surface area contributed by atoms with Crippen LogP contribution in [-0.4, -0.2) is 16.3 Å². The number of fused-ring (bicyclic) bond motifs is 1. The second-order valence-electron chi connectivity index (χ2n) is 3.80. The Bertz CT molecular complexity index is 671. The van der Waals surface area contributed by atoms with Crippen LogP contribution >= 0.6 is 0 Å². The molecule has 1 aromatic carbocycles. The molecule has 0 aliphatic rings. The number of aromatic nitrogens is 2. The van der Waals surface area contributed by atoms with E-state index in [0.29, 0.717) is 5.56 Å². The Labute approximate surface area is 98.1 Å². The highest BCUT2D eigenvalue weighted by molar-refractivity contribution is 6.05. The van der Waals surface area contributed by atoms with E-state index < -0.39 is 0 Å². The highest BCUT2D eigenvalue weighted by atomic mass is 16.1. The first kappa shape index (κ1) is 9.78. The molecule has 0 bridgehead atoms. The second-order valence-corrected chi connectivity index (χ2v) is 3.80. The number of carbonyl (C=O) groups excluding carboxylic acids is 1. The molecule has 0 spiro atoms. The fourth-order valence-corrected chi connectivity index (χ4v) is 2.04. The number of nitrogens with zero attached hydrogens (tertiary/aromatic N) is 1. The van der Waals surface area contributed by atoms with Crippen molar-refractivity contribution >= 4 is 17.2 Å². The molecule has 0 aliphatic heterocycles. The van der Waals surface area contributed by atoms with E-state index in [1.165, 1.54) is 0 Å². The number of rotatable bonds is 2. The lowest BCUT2D eigenvalue weighted by Gasteiger charge is -2.03. The van der Waals surface area contributed by atoms with Gasteiger partial charge in [0, 0.05) is 34.4 Å². The summed E-state index contributed by atoms with van der Waals surface area (Å²) in [5, 5.41) is 0.932. The van der Waals surface area contributed by atoms with Gasteiger partial charge in [0.05, 0.1) is 5.69 Å². The van der Waals surface area contributed by atoms with Gasteiger partial charge in [0.15, 0.2) is 6.29 Å². The molecule has 2 aromatic heterocycles. The van der Waals surface area contributed by atoms with Gasteiger partial charge in [-0.15, -0.1) is 0 Å². The van der Waals surface area contributed by atoms with E-state index in [4.69, 9.17) is 0 Å². The fourth-order valence-electron chi connectivity index (χ4n) is 2.04. The predicted molar refractivity (Wildman–Crippen MR) is 66.9 cm³/mol. The molecule has 0 saturated carbocycles. The summed E-state index contributed by atoms with van der Waals surface area (Å²) in [5.74, 6) is 0. The third-order valence-corrected chi connectivity index (χ3v) is 2.80. The first-order valence-corrected chi connectivity index (χ1v) is 5.37. The smallest absolute Gasteiger partial charge is 0.152 e. The lowest BCUT2D eigenvalue weighted by Crippen LogP contribution is -1.85. The zero-order chi connectivity index (χ0) is 11.7. The van der Waals surface area contributed by atoms with E-state index in [9.17, 15) is 4.79 Å². The van der Waals surface area contributed by atoms with Crippen LogP contribution < -0.4 is 0 Å². The minimum atomic E-state index is 0.668. The van der Waals surface area contributed by atoms with E-state index in [1.54, 1.807) is 12.4 Å². The largest absolute Gasteiger partial charge is 0.360 e. The van der Waals surface area contributed by atoms with Gasteiger partial charge in [-0.25, -0.2) is 0 Å². The topological polar surface area (TPSA) is 45.8 Å². The molecule has 3 heteroatoms. The van der Waals surface area contributed by atoms with Crippen LogP contribution in [0.15, 0.2) is 48.8 Å². The van der Waals surface area contributed by atoms with Crippen molar-refractivity contribution in [3.8, 4) is 11.3 Å². The fraction of sp³-hybridized carbons (Fsp3) is 0. The molecule has 0 atom stereocenters. The maximum absolute atomic E-state index is 11.0. The SMILES string of the molecule is O=Cc1c[nH]c2cccc(-c3ccccn3)c12. The Morgan fingerprint density at radius 1 is 1.12 bits per heavy atom. The third kappa shape index (κ3) is 1.52. The Morgan fingerprint density at radius 3 is 2.82 bits per heavy atom. The van der Waals surface area contributed by atoms with Crippen LogP contribution in [0.2, 0.25) is 0 Å². The summed E-state index contributed by atoms with van der Waals surface area (Å²) < 4.78 is 0. The number of aldehydes is 1. The van der Waals surface area contributed by atoms with Crippen molar-refractivity contribution in [2.24, 2.45) is 0 Å². The lowest BCUT2D eigenvalue weighted by molar-refractivity contribution is 0.112. The summed E-state index contributed by atoms with van der Waals surface area (Å²) in [4.78, 5) is 18.4. The zero-order valence-electron chi connectivity index (χ0n) is 9.05. The number of benzene rings is 1. The van der Waals surface area contributed by atoms with Crippen LogP contribution in [0.25, 0.3) is 22.2 Å². The van der Waals surface area contributed by atoms with Crippen molar-refractivity contribution in [2.75, 3.05) is 0 Å². The molecule has 0 saturated heterocycles. The number of hydrogen-bond donors (Lipinski definition) is 1. The summed E-state index contributed by atoms with van der Waals surface area (Å²) >= 11 is 0. The molecule has 1 N–H and O–H groups in total. The second kappa shape index (κ2) is 3.87. The van der Waals surface area contributed by atoms with Crippen LogP contribution in [0.4, 0.5) is 0 Å². The summed E-state index contributed by atoms with van der Waals surface area (Å²) in [6.07, 6.45) is 4.34. The minimum absolute atomic E-state index is 0.668. The zero-order valence-corrected chi connectivity index (χ0v) is 9.05. The minimum Gasteiger partial charge on any atom is -0.360 e. The Hall–Kier alpha value is -2.42. The maximum Gasteiger partial charge on any atom is 0.152 e. The molecule has 0 aliphatic carbocycles. The lowest BCUT2D eigenvalue weighted by atomic mass is 10.0. The highest BCUT2D eigenvalue weighted by Gasteiger charge is 2.09. The third-order valence-electron chi connectivity index (χ3n) is 2.80. The number of aromatic amines is 1. The standard InChI is InChI=1S/C14H10N2O/c17-9-10-8-16-13-6-3-4-11(14(10)13)12-5-1-2-7-15-12/h1-9,16H. The molecule has 3 nitrogen and oxygen atoms in total. The van der Waals surface area contributed by atoms with Crippen molar-refractivity contribution in [1.82, 2.24) is 9.97 Å². The molecule has 82 valence electrons. The molecule has 0 amide bonds. The average Bonchev–Trinajstić information content (AvgIpc) is 2.82. The predicted octanol–water partition coefficient (Wildman–Crippen LogP) is 3.04. The quantitative estimate of drug-likeness (QED) is 0.677. The van der Waals surface area contributed by atoms with E-state index in [0.717, 1.165) is 28.4 Å². The highest BCUT2D eigenvalue weighted by Crippen LogP contribution is 2.28. The molecule has 0 unspecified atom stereocenters. The van der Waals surface area contributed by atoms with Gasteiger partial charge in [-0.2, -0.15) is 0 Å². The van der Waals surface area contributed by atoms with Gasteiger partial charge in [-0.3, -0.25) is 9.78 Å². The molecule has 17 heavy (non-hydrogen) atoms. The molecule has 3 aromatic rings. The number of H-pyrrole nitrogens is 1.